The minimum atomic E-state index is -4.06. The molecule has 2 aromatic carbocycles. The minimum absolute atomic E-state index is 0.0313. The van der Waals surface area contributed by atoms with Gasteiger partial charge in [-0.3, -0.25) is 19.5 Å². The summed E-state index contributed by atoms with van der Waals surface area (Å²) >= 11 is 6.21. The van der Waals surface area contributed by atoms with E-state index in [-0.39, 0.29) is 26.5 Å². The lowest BCUT2D eigenvalue weighted by molar-refractivity contribution is 0.480. The number of hydrogen-bond acceptors (Lipinski definition) is 6. The van der Waals surface area contributed by atoms with Gasteiger partial charge in [0.1, 0.15) is 11.5 Å². The number of rotatable bonds is 5. The fourth-order valence-electron chi connectivity index (χ4n) is 2.70. The van der Waals surface area contributed by atoms with Crippen LogP contribution >= 0.6 is 11.6 Å². The molecular formula is C19H13ClN4O5S. The third kappa shape index (κ3) is 4.04. The van der Waals surface area contributed by atoms with Crippen LogP contribution in [0.25, 0.3) is 10.9 Å². The second-order valence-electron chi connectivity index (χ2n) is 6.15. The highest BCUT2D eigenvalue weighted by atomic mass is 35.5. The Hall–Kier alpha value is -3.63. The molecule has 11 heteroatoms. The highest BCUT2D eigenvalue weighted by Gasteiger charge is 2.18. The van der Waals surface area contributed by atoms with Gasteiger partial charge >= 0.3 is 5.69 Å². The van der Waals surface area contributed by atoms with Gasteiger partial charge in [0.05, 0.1) is 32.7 Å². The van der Waals surface area contributed by atoms with Crippen molar-refractivity contribution < 1.29 is 13.2 Å². The summed E-state index contributed by atoms with van der Waals surface area (Å²) in [5.74, 6) is 0.901. The molecule has 0 unspecified atom stereocenters. The van der Waals surface area contributed by atoms with Gasteiger partial charge in [-0.25, -0.2) is 13.2 Å². The molecule has 152 valence electrons. The highest BCUT2D eigenvalue weighted by Crippen LogP contribution is 2.31. The van der Waals surface area contributed by atoms with Gasteiger partial charge in [-0.2, -0.15) is 0 Å². The first kappa shape index (κ1) is 19.7. The Morgan fingerprint density at radius 2 is 1.83 bits per heavy atom. The van der Waals surface area contributed by atoms with E-state index in [9.17, 15) is 18.0 Å². The Morgan fingerprint density at radius 1 is 1.00 bits per heavy atom. The van der Waals surface area contributed by atoms with E-state index in [1.165, 1.54) is 36.5 Å². The molecule has 0 saturated carbocycles. The van der Waals surface area contributed by atoms with Crippen LogP contribution in [0.5, 0.6) is 11.5 Å². The first-order chi connectivity index (χ1) is 14.3. The molecule has 2 heterocycles. The molecule has 0 spiro atoms. The molecule has 4 rings (SSSR count). The molecule has 0 aliphatic carbocycles. The Labute approximate surface area is 174 Å². The maximum absolute atomic E-state index is 12.8. The Bertz CT molecular complexity index is 1470. The highest BCUT2D eigenvalue weighted by molar-refractivity contribution is 7.92. The molecule has 30 heavy (non-hydrogen) atoms. The maximum atomic E-state index is 12.8. The smallest absolute Gasteiger partial charge is 0.326 e. The lowest BCUT2D eigenvalue weighted by atomic mass is 10.2. The normalized spacial score (nSPS) is 11.4. The van der Waals surface area contributed by atoms with Crippen molar-refractivity contribution in [1.29, 1.82) is 0 Å². The lowest BCUT2D eigenvalue weighted by Crippen LogP contribution is -2.22. The number of ether oxygens (including phenoxy) is 1. The molecule has 0 aliphatic heterocycles. The number of hydrogen-bond donors (Lipinski definition) is 3. The van der Waals surface area contributed by atoms with Crippen LogP contribution in [0.3, 0.4) is 0 Å². The second kappa shape index (κ2) is 7.65. The van der Waals surface area contributed by atoms with E-state index >= 15 is 0 Å². The van der Waals surface area contributed by atoms with Crippen LogP contribution in [0.2, 0.25) is 5.02 Å². The number of halogens is 1. The number of aromatic amines is 2. The topological polar surface area (TPSA) is 134 Å². The van der Waals surface area contributed by atoms with Crippen molar-refractivity contribution in [2.45, 2.75) is 4.90 Å². The summed E-state index contributed by atoms with van der Waals surface area (Å²) in [4.78, 5) is 31.5. The molecule has 3 N–H and O–H groups in total. The number of H-pyrrole nitrogens is 2. The van der Waals surface area contributed by atoms with Gasteiger partial charge in [-0.15, -0.1) is 0 Å². The zero-order valence-electron chi connectivity index (χ0n) is 15.0. The number of sulfonamides is 1. The monoisotopic (exact) mass is 444 g/mol. The summed E-state index contributed by atoms with van der Waals surface area (Å²) in [6.45, 7) is 0. The Morgan fingerprint density at radius 3 is 2.57 bits per heavy atom. The third-order valence-corrected chi connectivity index (χ3v) is 5.75. The standard InChI is InChI=1S/C19H13ClN4O5S/c20-15-8-11(29-12-2-1-7-21-10-12)3-5-17(15)24-30(27,28)13-4-6-16-14(9-13)18(25)23-19(26)22-16/h1-10,24H,(H2,22,23,25,26). The lowest BCUT2D eigenvalue weighted by Gasteiger charge is -2.12. The molecule has 2 aromatic heterocycles. The molecule has 0 fully saturated rings. The van der Waals surface area contributed by atoms with Crippen LogP contribution in [0.4, 0.5) is 5.69 Å². The first-order valence-electron chi connectivity index (χ1n) is 8.48. The summed E-state index contributed by atoms with van der Waals surface area (Å²) in [5.41, 5.74) is -1.02. The zero-order valence-corrected chi connectivity index (χ0v) is 16.6. The van der Waals surface area contributed by atoms with Gasteiger partial charge in [0.2, 0.25) is 0 Å². The van der Waals surface area contributed by atoms with E-state index in [0.29, 0.717) is 11.5 Å². The predicted octanol–water partition coefficient (Wildman–Crippen LogP) is 2.86. The quantitative estimate of drug-likeness (QED) is 0.433. The van der Waals surface area contributed by atoms with Crippen LogP contribution in [0.15, 0.2) is 75.4 Å². The number of fused-ring (bicyclic) bond motifs is 1. The van der Waals surface area contributed by atoms with Gasteiger partial charge in [0.15, 0.2) is 0 Å². The van der Waals surface area contributed by atoms with Crippen molar-refractivity contribution in [3.05, 3.63) is 86.8 Å². The van der Waals surface area contributed by atoms with Crippen LogP contribution in [-0.4, -0.2) is 23.4 Å². The largest absolute Gasteiger partial charge is 0.456 e. The second-order valence-corrected chi connectivity index (χ2v) is 8.24. The molecule has 0 amide bonds. The van der Waals surface area contributed by atoms with Crippen LogP contribution in [-0.2, 0) is 10.0 Å². The number of nitrogens with zero attached hydrogens (tertiary/aromatic N) is 1. The molecule has 9 nitrogen and oxygen atoms in total. The average Bonchev–Trinajstić information content (AvgIpc) is 2.70. The molecule has 0 atom stereocenters. The van der Waals surface area contributed by atoms with Crippen molar-refractivity contribution in [1.82, 2.24) is 15.0 Å². The van der Waals surface area contributed by atoms with Crippen LogP contribution in [0.1, 0.15) is 0 Å². The first-order valence-corrected chi connectivity index (χ1v) is 10.3. The van der Waals surface area contributed by atoms with Gasteiger partial charge in [-0.1, -0.05) is 11.6 Å². The predicted molar refractivity (Wildman–Crippen MR) is 112 cm³/mol. The summed E-state index contributed by atoms with van der Waals surface area (Å²) in [5, 5.41) is 0.145. The minimum Gasteiger partial charge on any atom is -0.456 e. The van der Waals surface area contributed by atoms with Crippen molar-refractivity contribution in [2.24, 2.45) is 0 Å². The molecular weight excluding hydrogens is 432 g/mol. The third-order valence-electron chi connectivity index (χ3n) is 4.08. The van der Waals surface area contributed by atoms with Gasteiger partial charge in [0, 0.05) is 12.3 Å². The SMILES string of the molecule is O=c1[nH]c(=O)c2cc(S(=O)(=O)Nc3ccc(Oc4cccnc4)cc3Cl)ccc2[nH]1. The zero-order chi connectivity index (χ0) is 21.3. The number of aromatic nitrogens is 3. The fourth-order valence-corrected chi connectivity index (χ4v) is 4.08. The van der Waals surface area contributed by atoms with Crippen molar-refractivity contribution in [2.75, 3.05) is 4.72 Å². The molecule has 0 radical (unpaired) electrons. The Kier molecular flexibility index (Phi) is 5.02. The van der Waals surface area contributed by atoms with E-state index < -0.39 is 21.3 Å². The van der Waals surface area contributed by atoms with Gasteiger partial charge < -0.3 is 9.72 Å². The number of anilines is 1. The number of nitrogens with one attached hydrogen (secondary N) is 3. The van der Waals surface area contributed by atoms with E-state index in [0.717, 1.165) is 0 Å². The molecule has 0 aliphatic rings. The molecule has 0 saturated heterocycles. The average molecular weight is 445 g/mol. The van der Waals surface area contributed by atoms with E-state index in [2.05, 4.69) is 19.7 Å². The molecule has 4 aromatic rings. The van der Waals surface area contributed by atoms with Gasteiger partial charge in [-0.05, 0) is 42.5 Å². The van der Waals surface area contributed by atoms with Crippen LogP contribution in [0, 0.1) is 0 Å². The fraction of sp³-hybridized carbons (Fsp3) is 0. The van der Waals surface area contributed by atoms with Crippen LogP contribution < -0.4 is 20.7 Å². The van der Waals surface area contributed by atoms with E-state index in [1.807, 2.05) is 0 Å². The van der Waals surface area contributed by atoms with Gasteiger partial charge in [0.25, 0.3) is 15.6 Å². The van der Waals surface area contributed by atoms with Crippen molar-refractivity contribution in [3.8, 4) is 11.5 Å². The summed E-state index contributed by atoms with van der Waals surface area (Å²) in [6, 6.07) is 11.7. The van der Waals surface area contributed by atoms with Crippen molar-refractivity contribution >= 4 is 38.2 Å². The van der Waals surface area contributed by atoms with Crippen molar-refractivity contribution in [3.63, 3.8) is 0 Å². The number of benzene rings is 2. The van der Waals surface area contributed by atoms with E-state index in [1.54, 1.807) is 24.4 Å². The maximum Gasteiger partial charge on any atom is 0.326 e. The summed E-state index contributed by atoms with van der Waals surface area (Å²) in [7, 11) is -4.06. The number of pyridine rings is 1. The van der Waals surface area contributed by atoms with E-state index in [4.69, 9.17) is 16.3 Å². The molecule has 0 bridgehead atoms. The Balaban J connectivity index is 1.62. The summed E-state index contributed by atoms with van der Waals surface area (Å²) < 4.78 is 33.5. The summed E-state index contributed by atoms with van der Waals surface area (Å²) in [6.07, 6.45) is 3.13.